The lowest BCUT2D eigenvalue weighted by atomic mass is 9.97. The second-order valence-electron chi connectivity index (χ2n) is 9.63. The van der Waals surface area contributed by atoms with E-state index >= 15 is 0 Å². The Kier molecular flexibility index (Phi) is 10.4. The molecule has 1 aliphatic heterocycles. The maximum atomic E-state index is 14.0. The van der Waals surface area contributed by atoms with Crippen LogP contribution in [0.5, 0.6) is 28.7 Å². The van der Waals surface area contributed by atoms with Crippen LogP contribution in [0.3, 0.4) is 0 Å². The second-order valence-corrected chi connectivity index (χ2v) is 9.63. The highest BCUT2D eigenvalue weighted by molar-refractivity contribution is 6.05. The summed E-state index contributed by atoms with van der Waals surface area (Å²) in [4.78, 5) is 29.0. The Labute approximate surface area is 251 Å². The first kappa shape index (κ1) is 31.2. The number of carbonyl (C=O) groups is 2. The summed E-state index contributed by atoms with van der Waals surface area (Å²) in [5.41, 5.74) is 2.60. The van der Waals surface area contributed by atoms with E-state index in [2.05, 4.69) is 0 Å². The molecule has 0 saturated heterocycles. The van der Waals surface area contributed by atoms with Gasteiger partial charge in [-0.3, -0.25) is 9.59 Å². The average molecular weight is 592 g/mol. The molecule has 0 fully saturated rings. The van der Waals surface area contributed by atoms with Gasteiger partial charge in [-0.15, -0.1) is 0 Å². The maximum absolute atomic E-state index is 14.0. The van der Waals surface area contributed by atoms with Crippen LogP contribution in [-0.4, -0.2) is 89.8 Å². The molecule has 2 amide bonds. The molecule has 11 heteroatoms. The van der Waals surface area contributed by atoms with Crippen molar-refractivity contribution in [1.29, 1.82) is 0 Å². The summed E-state index contributed by atoms with van der Waals surface area (Å²) in [7, 11) is 9.38. The Hall–Kier alpha value is -4.77. The topological polar surface area (TPSA) is 108 Å². The average Bonchev–Trinajstić information content (AvgIpc) is 3.51. The van der Waals surface area contributed by atoms with Crippen LogP contribution in [0.25, 0.3) is 0 Å². The molecule has 0 spiro atoms. The third-order valence-electron chi connectivity index (χ3n) is 7.19. The zero-order valence-electron chi connectivity index (χ0n) is 25.3. The minimum atomic E-state index is -0.477. The molecule has 0 radical (unpaired) electrons. The third-order valence-corrected chi connectivity index (χ3v) is 7.19. The summed E-state index contributed by atoms with van der Waals surface area (Å²) in [6, 6.07) is 17.2. The monoisotopic (exact) mass is 591 g/mol. The molecule has 43 heavy (non-hydrogen) atoms. The van der Waals surface area contributed by atoms with E-state index < -0.39 is 6.04 Å². The van der Waals surface area contributed by atoms with Gasteiger partial charge in [0.25, 0.3) is 11.8 Å². The summed E-state index contributed by atoms with van der Waals surface area (Å²) in [6.07, 6.45) is 0.397. The fraction of sp³-hybridized carbons (Fsp3) is 0.344. The van der Waals surface area contributed by atoms with E-state index in [0.717, 1.165) is 11.1 Å². The minimum Gasteiger partial charge on any atom is -0.497 e. The van der Waals surface area contributed by atoms with Crippen LogP contribution in [0.4, 0.5) is 0 Å². The summed E-state index contributed by atoms with van der Waals surface area (Å²) >= 11 is 0. The number of ether oxygens (including phenoxy) is 6. The van der Waals surface area contributed by atoms with Gasteiger partial charge in [0, 0.05) is 37.3 Å². The Balaban J connectivity index is 1.70. The second kappa shape index (κ2) is 14.4. The molecule has 0 bridgehead atoms. The van der Waals surface area contributed by atoms with E-state index in [4.69, 9.17) is 33.5 Å². The first-order valence-electron chi connectivity index (χ1n) is 13.6. The number of hydrogen-bond acceptors (Lipinski definition) is 9. The molecule has 3 aromatic rings. The maximum Gasteiger partial charge on any atom is 0.262 e. The molecule has 11 nitrogen and oxygen atoms in total. The van der Waals surface area contributed by atoms with Gasteiger partial charge in [-0.25, -0.2) is 5.01 Å². The molecule has 0 aromatic heterocycles. The minimum absolute atomic E-state index is 0.213. The van der Waals surface area contributed by atoms with Crippen LogP contribution in [0.1, 0.15) is 33.9 Å². The molecule has 1 heterocycles. The van der Waals surface area contributed by atoms with Gasteiger partial charge in [-0.05, 0) is 54.1 Å². The van der Waals surface area contributed by atoms with Crippen LogP contribution in [0.15, 0.2) is 65.8 Å². The number of hydrazone groups is 1. The van der Waals surface area contributed by atoms with Gasteiger partial charge in [0.05, 0.1) is 53.9 Å². The van der Waals surface area contributed by atoms with Gasteiger partial charge >= 0.3 is 0 Å². The van der Waals surface area contributed by atoms with Crippen molar-refractivity contribution in [3.63, 3.8) is 0 Å². The van der Waals surface area contributed by atoms with Gasteiger partial charge in [0.15, 0.2) is 11.5 Å². The summed E-state index contributed by atoms with van der Waals surface area (Å²) in [6.45, 7) is 0.255. The van der Waals surface area contributed by atoms with E-state index in [1.807, 2.05) is 24.3 Å². The fourth-order valence-electron chi connectivity index (χ4n) is 4.87. The van der Waals surface area contributed by atoms with E-state index in [-0.39, 0.29) is 31.5 Å². The highest BCUT2D eigenvalue weighted by atomic mass is 16.5. The molecule has 228 valence electrons. The Morgan fingerprint density at radius 1 is 0.791 bits per heavy atom. The standard InChI is InChI=1S/C32H37N3O8/c1-38-16-15-34(32(37)21-7-10-23(39-2)11-8-21)20-31(36)35-27(22-9-14-28(41-4)30(17-22)43-6)19-26(33-35)25-13-12-24(40-3)18-29(25)42-5/h7-14,17-18,27H,15-16,19-20H2,1-6H3/t27-/m0/s1. The van der Waals surface area contributed by atoms with E-state index in [1.54, 1.807) is 79.1 Å². The van der Waals surface area contributed by atoms with Crippen LogP contribution in [0.2, 0.25) is 0 Å². The first-order valence-corrected chi connectivity index (χ1v) is 13.6. The Morgan fingerprint density at radius 3 is 2.09 bits per heavy atom. The third kappa shape index (κ3) is 7.00. The SMILES string of the molecule is COCCN(CC(=O)N1N=C(c2ccc(OC)cc2OC)C[C@H]1c1ccc(OC)c(OC)c1)C(=O)c1ccc(OC)cc1. The van der Waals surface area contributed by atoms with Crippen molar-refractivity contribution in [2.75, 3.05) is 62.4 Å². The lowest BCUT2D eigenvalue weighted by molar-refractivity contribution is -0.133. The summed E-state index contributed by atoms with van der Waals surface area (Å²) in [5, 5.41) is 6.22. The van der Waals surface area contributed by atoms with Crippen molar-refractivity contribution in [1.82, 2.24) is 9.91 Å². The van der Waals surface area contributed by atoms with Gasteiger partial charge in [-0.2, -0.15) is 5.10 Å². The van der Waals surface area contributed by atoms with Gasteiger partial charge < -0.3 is 33.3 Å². The number of rotatable bonds is 13. The first-order chi connectivity index (χ1) is 20.9. The fourth-order valence-corrected chi connectivity index (χ4v) is 4.87. The molecule has 0 N–H and O–H groups in total. The Bertz CT molecular complexity index is 1460. The molecule has 3 aromatic carbocycles. The number of carbonyl (C=O) groups excluding carboxylic acids is 2. The van der Waals surface area contributed by atoms with E-state index in [0.29, 0.717) is 46.4 Å². The molecule has 4 rings (SSSR count). The van der Waals surface area contributed by atoms with Crippen LogP contribution in [0, 0.1) is 0 Å². The number of hydrogen-bond donors (Lipinski definition) is 0. The van der Waals surface area contributed by atoms with Crippen LogP contribution >= 0.6 is 0 Å². The van der Waals surface area contributed by atoms with Crippen LogP contribution in [-0.2, 0) is 9.53 Å². The van der Waals surface area contributed by atoms with Crippen molar-refractivity contribution in [2.45, 2.75) is 12.5 Å². The lowest BCUT2D eigenvalue weighted by Crippen LogP contribution is -2.42. The molecule has 0 saturated carbocycles. The molecule has 0 aliphatic carbocycles. The molecule has 1 atom stereocenters. The number of benzene rings is 3. The zero-order valence-corrected chi connectivity index (χ0v) is 25.3. The lowest BCUT2D eigenvalue weighted by Gasteiger charge is -2.27. The molecular weight excluding hydrogens is 554 g/mol. The van der Waals surface area contributed by atoms with Gasteiger partial charge in [0.1, 0.15) is 23.8 Å². The quantitative estimate of drug-likeness (QED) is 0.291. The number of nitrogens with zero attached hydrogens (tertiary/aromatic N) is 3. The van der Waals surface area contributed by atoms with Gasteiger partial charge in [0.2, 0.25) is 0 Å². The smallest absolute Gasteiger partial charge is 0.262 e. The molecule has 0 unspecified atom stereocenters. The highest BCUT2D eigenvalue weighted by Gasteiger charge is 2.36. The highest BCUT2D eigenvalue weighted by Crippen LogP contribution is 2.39. The van der Waals surface area contributed by atoms with Crippen molar-refractivity contribution >= 4 is 17.5 Å². The molecular formula is C32H37N3O8. The number of amides is 2. The predicted octanol–water partition coefficient (Wildman–Crippen LogP) is 4.20. The number of methoxy groups -OCH3 is 6. The predicted molar refractivity (Wildman–Crippen MR) is 161 cm³/mol. The normalized spacial score (nSPS) is 14.1. The van der Waals surface area contributed by atoms with Crippen molar-refractivity contribution < 1.29 is 38.0 Å². The molecule has 1 aliphatic rings. The van der Waals surface area contributed by atoms with E-state index in [1.165, 1.54) is 9.91 Å². The van der Waals surface area contributed by atoms with Crippen molar-refractivity contribution in [2.24, 2.45) is 5.10 Å². The largest absolute Gasteiger partial charge is 0.497 e. The van der Waals surface area contributed by atoms with Crippen LogP contribution < -0.4 is 23.7 Å². The summed E-state index contributed by atoms with van der Waals surface area (Å²) < 4.78 is 32.4. The van der Waals surface area contributed by atoms with E-state index in [9.17, 15) is 9.59 Å². The van der Waals surface area contributed by atoms with Gasteiger partial charge in [-0.1, -0.05) is 6.07 Å². The zero-order chi connectivity index (χ0) is 30.9. The summed E-state index contributed by atoms with van der Waals surface area (Å²) in [5.74, 6) is 2.25. The van der Waals surface area contributed by atoms with Crippen molar-refractivity contribution in [3.05, 3.63) is 77.4 Å². The van der Waals surface area contributed by atoms with Crippen molar-refractivity contribution in [3.8, 4) is 28.7 Å². The Morgan fingerprint density at radius 2 is 1.47 bits per heavy atom.